The molecule has 35 heavy (non-hydrogen) atoms. The zero-order chi connectivity index (χ0) is 23.9. The molecule has 4 aromatic heterocycles. The maximum absolute atomic E-state index is 13.1. The van der Waals surface area contributed by atoms with Gasteiger partial charge in [-0.1, -0.05) is 30.3 Å². The average Bonchev–Trinajstić information content (AvgIpc) is 3.50. The lowest BCUT2D eigenvalue weighted by atomic mass is 9.89. The van der Waals surface area contributed by atoms with Crippen LogP contribution in [0.4, 0.5) is 5.82 Å². The molecule has 0 spiro atoms. The van der Waals surface area contributed by atoms with Crippen molar-refractivity contribution in [3.8, 4) is 11.3 Å². The standard InChI is InChI=1S/C26H25N7O2/c1-32(15-16-6-3-2-4-7-16)23-12-21(18-13-28-24-17(18)8-5-11-27-24)30-25-19(14-29-33(23)25)26(35)31-20-9-10-22(20)34/h2-8,11-14,20,22,34H,9-10,15H2,1H3,(H,27,28)(H,31,35). The van der Waals surface area contributed by atoms with Gasteiger partial charge >= 0.3 is 0 Å². The highest BCUT2D eigenvalue weighted by Crippen LogP contribution is 2.31. The summed E-state index contributed by atoms with van der Waals surface area (Å²) in [5.41, 5.74) is 4.37. The third kappa shape index (κ3) is 3.79. The molecule has 176 valence electrons. The normalized spacial score (nSPS) is 17.4. The lowest BCUT2D eigenvalue weighted by Crippen LogP contribution is -2.50. The number of hydrogen-bond donors (Lipinski definition) is 3. The number of pyridine rings is 1. The summed E-state index contributed by atoms with van der Waals surface area (Å²) < 4.78 is 1.70. The molecule has 9 nitrogen and oxygen atoms in total. The molecule has 1 aliphatic carbocycles. The molecule has 1 aromatic carbocycles. The minimum atomic E-state index is -0.504. The van der Waals surface area contributed by atoms with Gasteiger partial charge in [0.15, 0.2) is 5.65 Å². The van der Waals surface area contributed by atoms with Crippen LogP contribution in [-0.4, -0.2) is 54.8 Å². The maximum Gasteiger partial charge on any atom is 0.257 e. The monoisotopic (exact) mass is 467 g/mol. The van der Waals surface area contributed by atoms with Crippen LogP contribution < -0.4 is 10.2 Å². The van der Waals surface area contributed by atoms with E-state index in [4.69, 9.17) is 4.98 Å². The second-order valence-corrected chi connectivity index (χ2v) is 8.96. The van der Waals surface area contributed by atoms with Gasteiger partial charge in [-0.3, -0.25) is 4.79 Å². The largest absolute Gasteiger partial charge is 0.391 e. The summed E-state index contributed by atoms with van der Waals surface area (Å²) in [6.07, 6.45) is 6.13. The molecule has 9 heteroatoms. The van der Waals surface area contributed by atoms with Gasteiger partial charge in [0.2, 0.25) is 0 Å². The molecule has 0 saturated heterocycles. The Morgan fingerprint density at radius 1 is 1.23 bits per heavy atom. The number of carbonyl (C=O) groups excluding carboxylic acids is 1. The van der Waals surface area contributed by atoms with E-state index in [9.17, 15) is 9.90 Å². The third-order valence-corrected chi connectivity index (χ3v) is 6.63. The van der Waals surface area contributed by atoms with Crippen LogP contribution in [-0.2, 0) is 6.54 Å². The number of aromatic amines is 1. The Bertz CT molecular complexity index is 1530. The summed E-state index contributed by atoms with van der Waals surface area (Å²) in [6.45, 7) is 0.657. The number of hydrogen-bond acceptors (Lipinski definition) is 6. The van der Waals surface area contributed by atoms with E-state index < -0.39 is 6.10 Å². The van der Waals surface area contributed by atoms with E-state index in [1.165, 1.54) is 0 Å². The van der Waals surface area contributed by atoms with E-state index in [2.05, 4.69) is 37.4 Å². The third-order valence-electron chi connectivity index (χ3n) is 6.63. The SMILES string of the molecule is CN(Cc1ccccc1)c1cc(-c2c[nH]c3ncccc23)nc2c(C(=O)NC3CCC3O)cnn12. The topological polar surface area (TPSA) is 111 Å². The number of rotatable bonds is 6. The van der Waals surface area contributed by atoms with Crippen molar-refractivity contribution < 1.29 is 9.90 Å². The van der Waals surface area contributed by atoms with Crippen molar-refractivity contribution in [2.45, 2.75) is 31.5 Å². The Kier molecular flexibility index (Phi) is 5.18. The van der Waals surface area contributed by atoms with Gasteiger partial charge in [-0.15, -0.1) is 0 Å². The quantitative estimate of drug-likeness (QED) is 0.354. The minimum Gasteiger partial charge on any atom is -0.391 e. The predicted octanol–water partition coefficient (Wildman–Crippen LogP) is 3.16. The summed E-state index contributed by atoms with van der Waals surface area (Å²) in [7, 11) is 1.99. The summed E-state index contributed by atoms with van der Waals surface area (Å²) in [6, 6.07) is 15.8. The highest BCUT2D eigenvalue weighted by molar-refractivity contribution is 6.01. The summed E-state index contributed by atoms with van der Waals surface area (Å²) >= 11 is 0. The fourth-order valence-corrected chi connectivity index (χ4v) is 4.52. The first kappa shape index (κ1) is 21.3. The van der Waals surface area contributed by atoms with Gasteiger partial charge in [0.1, 0.15) is 17.0 Å². The summed E-state index contributed by atoms with van der Waals surface area (Å²) in [5.74, 6) is 0.514. The van der Waals surface area contributed by atoms with Crippen LogP contribution >= 0.6 is 0 Å². The molecule has 0 bridgehead atoms. The Hall–Kier alpha value is -4.24. The van der Waals surface area contributed by atoms with Gasteiger partial charge in [-0.2, -0.15) is 9.61 Å². The smallest absolute Gasteiger partial charge is 0.257 e. The molecule has 3 N–H and O–H groups in total. The summed E-state index contributed by atoms with van der Waals surface area (Å²) in [4.78, 5) is 27.7. The van der Waals surface area contributed by atoms with Crippen LogP contribution in [0.1, 0.15) is 28.8 Å². The molecular weight excluding hydrogens is 442 g/mol. The van der Waals surface area contributed by atoms with Gasteiger partial charge < -0.3 is 20.3 Å². The van der Waals surface area contributed by atoms with Gasteiger partial charge in [0, 0.05) is 43.0 Å². The summed E-state index contributed by atoms with van der Waals surface area (Å²) in [5, 5.41) is 18.3. The Labute approximate surface area is 201 Å². The molecular formula is C26H25N7O2. The first-order valence-electron chi connectivity index (χ1n) is 11.6. The molecule has 6 rings (SSSR count). The van der Waals surface area contributed by atoms with Gasteiger partial charge in [-0.05, 0) is 30.5 Å². The van der Waals surface area contributed by atoms with Crippen LogP contribution in [0, 0.1) is 0 Å². The van der Waals surface area contributed by atoms with Crippen LogP contribution in [0.5, 0.6) is 0 Å². The van der Waals surface area contributed by atoms with Crippen LogP contribution in [0.2, 0.25) is 0 Å². The number of anilines is 1. The van der Waals surface area contributed by atoms with Gasteiger partial charge in [-0.25, -0.2) is 9.97 Å². The second kappa shape index (κ2) is 8.52. The first-order valence-corrected chi connectivity index (χ1v) is 11.6. The number of nitrogens with one attached hydrogen (secondary N) is 2. The van der Waals surface area contributed by atoms with E-state index in [1.807, 2.05) is 49.6 Å². The number of fused-ring (bicyclic) bond motifs is 2. The number of benzene rings is 1. The molecule has 1 aliphatic rings. The maximum atomic E-state index is 13.1. The molecule has 0 aliphatic heterocycles. The lowest BCUT2D eigenvalue weighted by molar-refractivity contribution is 0.0448. The van der Waals surface area contributed by atoms with E-state index >= 15 is 0 Å². The molecule has 1 fully saturated rings. The van der Waals surface area contributed by atoms with Crippen molar-refractivity contribution in [3.05, 3.63) is 78.2 Å². The molecule has 0 radical (unpaired) electrons. The fourth-order valence-electron chi connectivity index (χ4n) is 4.52. The van der Waals surface area contributed by atoms with Crippen LogP contribution in [0.3, 0.4) is 0 Å². The average molecular weight is 468 g/mol. The van der Waals surface area contributed by atoms with E-state index in [0.29, 0.717) is 29.9 Å². The Balaban J connectivity index is 1.47. The zero-order valence-electron chi connectivity index (χ0n) is 19.2. The van der Waals surface area contributed by atoms with Crippen molar-refractivity contribution in [3.63, 3.8) is 0 Å². The molecule has 1 amide bonds. The van der Waals surface area contributed by atoms with E-state index in [1.54, 1.807) is 16.9 Å². The van der Waals surface area contributed by atoms with Gasteiger partial charge in [0.05, 0.1) is 24.0 Å². The number of H-pyrrole nitrogens is 1. The molecule has 2 unspecified atom stereocenters. The zero-order valence-corrected chi connectivity index (χ0v) is 19.2. The molecule has 1 saturated carbocycles. The van der Waals surface area contributed by atoms with E-state index in [0.717, 1.165) is 34.4 Å². The van der Waals surface area contributed by atoms with Crippen molar-refractivity contribution in [2.75, 3.05) is 11.9 Å². The van der Waals surface area contributed by atoms with Gasteiger partial charge in [0.25, 0.3) is 5.91 Å². The highest BCUT2D eigenvalue weighted by atomic mass is 16.3. The van der Waals surface area contributed by atoms with Crippen LogP contribution in [0.15, 0.2) is 67.1 Å². The Morgan fingerprint density at radius 2 is 2.09 bits per heavy atom. The van der Waals surface area contributed by atoms with Crippen molar-refractivity contribution in [1.29, 1.82) is 0 Å². The number of nitrogens with zero attached hydrogens (tertiary/aromatic N) is 5. The number of carbonyl (C=O) groups is 1. The number of amides is 1. The Morgan fingerprint density at radius 3 is 2.86 bits per heavy atom. The highest BCUT2D eigenvalue weighted by Gasteiger charge is 2.31. The van der Waals surface area contributed by atoms with Crippen molar-refractivity contribution >= 4 is 28.4 Å². The first-order chi connectivity index (χ1) is 17.1. The molecule has 4 heterocycles. The number of aliphatic hydroxyl groups is 1. The van der Waals surface area contributed by atoms with Crippen molar-refractivity contribution in [1.82, 2.24) is 29.9 Å². The minimum absolute atomic E-state index is 0.236. The number of aromatic nitrogens is 5. The molecule has 2 atom stereocenters. The van der Waals surface area contributed by atoms with Crippen LogP contribution in [0.25, 0.3) is 27.9 Å². The predicted molar refractivity (Wildman–Crippen MR) is 133 cm³/mol. The molecule has 5 aromatic rings. The van der Waals surface area contributed by atoms with Crippen molar-refractivity contribution in [2.24, 2.45) is 0 Å². The number of aliphatic hydroxyl groups excluding tert-OH is 1. The van der Waals surface area contributed by atoms with E-state index in [-0.39, 0.29) is 11.9 Å². The lowest BCUT2D eigenvalue weighted by Gasteiger charge is -2.32. The fraction of sp³-hybridized carbons (Fsp3) is 0.231. The second-order valence-electron chi connectivity index (χ2n) is 8.96.